The first-order valence-corrected chi connectivity index (χ1v) is 11.0. The van der Waals surface area contributed by atoms with Gasteiger partial charge in [0, 0.05) is 23.4 Å². The standard InChI is InChI=1S/C24H25N3S.CH4/c1-3-20(13-19-7-10-23-22(14-19)15-25-26-23)17-27(11-1)16-18-5-8-21(9-6-18)24-4-2-12-28-24;/h2,4-10,12,14-15,20H,1,3,11,13,16-17H2,(H,25,26);1H4. The first-order chi connectivity index (χ1) is 13.8. The predicted octanol–water partition coefficient (Wildman–Crippen LogP) is 6.38. The van der Waals surface area contributed by atoms with Crippen LogP contribution in [0.4, 0.5) is 0 Å². The number of piperidine rings is 1. The van der Waals surface area contributed by atoms with Crippen LogP contribution in [0.3, 0.4) is 0 Å². The van der Waals surface area contributed by atoms with Crippen LogP contribution in [0.5, 0.6) is 0 Å². The fourth-order valence-corrected chi connectivity index (χ4v) is 5.12. The minimum atomic E-state index is 0. The molecule has 0 aliphatic carbocycles. The molecule has 2 aromatic carbocycles. The fourth-order valence-electron chi connectivity index (χ4n) is 4.39. The van der Waals surface area contributed by atoms with Crippen LogP contribution in [-0.2, 0) is 13.0 Å². The smallest absolute Gasteiger partial charge is 0.0650 e. The molecule has 1 atom stereocenters. The summed E-state index contributed by atoms with van der Waals surface area (Å²) in [6.07, 6.45) is 5.71. The molecule has 0 bridgehead atoms. The van der Waals surface area contributed by atoms with Crippen molar-refractivity contribution in [2.75, 3.05) is 13.1 Å². The van der Waals surface area contributed by atoms with Gasteiger partial charge in [-0.1, -0.05) is 43.8 Å². The molecular formula is C25H29N3S. The quantitative estimate of drug-likeness (QED) is 0.419. The van der Waals surface area contributed by atoms with Crippen molar-refractivity contribution in [2.45, 2.75) is 33.2 Å². The second-order valence-electron chi connectivity index (χ2n) is 7.91. The summed E-state index contributed by atoms with van der Waals surface area (Å²) in [5.41, 5.74) is 5.30. The maximum Gasteiger partial charge on any atom is 0.0650 e. The lowest BCUT2D eigenvalue weighted by Gasteiger charge is -2.33. The van der Waals surface area contributed by atoms with Gasteiger partial charge >= 0.3 is 0 Å². The molecule has 1 saturated heterocycles. The molecule has 0 amide bonds. The number of hydrogen-bond donors (Lipinski definition) is 1. The average Bonchev–Trinajstić information content (AvgIpc) is 3.41. The van der Waals surface area contributed by atoms with E-state index in [0.29, 0.717) is 0 Å². The number of rotatable bonds is 5. The van der Waals surface area contributed by atoms with Gasteiger partial charge in [-0.3, -0.25) is 10.00 Å². The largest absolute Gasteiger partial charge is 0.299 e. The molecule has 1 unspecified atom stereocenters. The highest BCUT2D eigenvalue weighted by Crippen LogP contribution is 2.26. The van der Waals surface area contributed by atoms with Crippen molar-refractivity contribution in [1.82, 2.24) is 15.1 Å². The van der Waals surface area contributed by atoms with E-state index in [1.807, 2.05) is 6.20 Å². The Balaban J connectivity index is 0.00000205. The lowest BCUT2D eigenvalue weighted by molar-refractivity contribution is 0.167. The molecular weight excluding hydrogens is 374 g/mol. The van der Waals surface area contributed by atoms with E-state index in [-0.39, 0.29) is 7.43 Å². The molecule has 1 aliphatic heterocycles. The van der Waals surface area contributed by atoms with Crippen molar-refractivity contribution in [3.8, 4) is 10.4 Å². The second-order valence-corrected chi connectivity index (χ2v) is 8.86. The zero-order chi connectivity index (χ0) is 18.8. The Hall–Kier alpha value is -2.43. The van der Waals surface area contributed by atoms with Gasteiger partial charge in [0.25, 0.3) is 0 Å². The summed E-state index contributed by atoms with van der Waals surface area (Å²) < 4.78 is 0. The van der Waals surface area contributed by atoms with Crippen molar-refractivity contribution >= 4 is 22.2 Å². The van der Waals surface area contributed by atoms with Crippen LogP contribution in [0.1, 0.15) is 31.4 Å². The van der Waals surface area contributed by atoms with Crippen LogP contribution < -0.4 is 0 Å². The summed E-state index contributed by atoms with van der Waals surface area (Å²) in [7, 11) is 0. The number of nitrogens with one attached hydrogen (secondary N) is 1. The molecule has 1 aliphatic rings. The minimum absolute atomic E-state index is 0. The molecule has 0 spiro atoms. The number of likely N-dealkylation sites (tertiary alicyclic amines) is 1. The number of aromatic nitrogens is 2. The third kappa shape index (κ3) is 4.60. The molecule has 1 N–H and O–H groups in total. The Labute approximate surface area is 177 Å². The van der Waals surface area contributed by atoms with Crippen LogP contribution in [0.25, 0.3) is 21.3 Å². The van der Waals surface area contributed by atoms with Crippen LogP contribution in [0, 0.1) is 5.92 Å². The van der Waals surface area contributed by atoms with E-state index in [9.17, 15) is 0 Å². The van der Waals surface area contributed by atoms with E-state index in [2.05, 4.69) is 75.1 Å². The van der Waals surface area contributed by atoms with Crippen molar-refractivity contribution < 1.29 is 0 Å². The van der Waals surface area contributed by atoms with Gasteiger partial charge in [0.05, 0.1) is 11.7 Å². The van der Waals surface area contributed by atoms with E-state index in [0.717, 1.165) is 24.4 Å². The maximum absolute atomic E-state index is 4.14. The highest BCUT2D eigenvalue weighted by molar-refractivity contribution is 7.13. The zero-order valence-corrected chi connectivity index (χ0v) is 16.8. The number of fused-ring (bicyclic) bond motifs is 1. The van der Waals surface area contributed by atoms with Gasteiger partial charge in [-0.2, -0.15) is 5.10 Å². The minimum Gasteiger partial charge on any atom is -0.299 e. The van der Waals surface area contributed by atoms with Crippen molar-refractivity contribution in [2.24, 2.45) is 5.92 Å². The van der Waals surface area contributed by atoms with E-state index in [1.165, 1.54) is 52.9 Å². The predicted molar refractivity (Wildman–Crippen MR) is 124 cm³/mol. The summed E-state index contributed by atoms with van der Waals surface area (Å²) in [6.45, 7) is 3.46. The van der Waals surface area contributed by atoms with Crippen LogP contribution >= 0.6 is 11.3 Å². The number of hydrogen-bond acceptors (Lipinski definition) is 3. The second kappa shape index (κ2) is 8.93. The van der Waals surface area contributed by atoms with Gasteiger partial charge < -0.3 is 0 Å². The summed E-state index contributed by atoms with van der Waals surface area (Å²) in [4.78, 5) is 3.98. The summed E-state index contributed by atoms with van der Waals surface area (Å²) in [5.74, 6) is 0.739. The van der Waals surface area contributed by atoms with E-state index >= 15 is 0 Å². The maximum atomic E-state index is 4.14. The molecule has 2 aromatic heterocycles. The Bertz CT molecular complexity index is 1030. The molecule has 0 saturated carbocycles. The summed E-state index contributed by atoms with van der Waals surface area (Å²) in [6, 6.07) is 20.1. The monoisotopic (exact) mass is 403 g/mol. The zero-order valence-electron chi connectivity index (χ0n) is 16.0. The summed E-state index contributed by atoms with van der Waals surface area (Å²) in [5, 5.41) is 10.5. The van der Waals surface area contributed by atoms with E-state index in [1.54, 1.807) is 11.3 Å². The molecule has 0 radical (unpaired) electrons. The Morgan fingerprint density at radius 2 is 1.93 bits per heavy atom. The number of H-pyrrole nitrogens is 1. The first-order valence-electron chi connectivity index (χ1n) is 10.1. The van der Waals surface area contributed by atoms with Crippen LogP contribution in [0.2, 0.25) is 0 Å². The van der Waals surface area contributed by atoms with Gasteiger partial charge in [0.15, 0.2) is 0 Å². The highest BCUT2D eigenvalue weighted by Gasteiger charge is 2.20. The molecule has 29 heavy (non-hydrogen) atoms. The molecule has 4 aromatic rings. The lowest BCUT2D eigenvalue weighted by atomic mass is 9.90. The Morgan fingerprint density at radius 3 is 2.76 bits per heavy atom. The molecule has 3 nitrogen and oxygen atoms in total. The SMILES string of the molecule is C.c1csc(-c2ccc(CN3CCCC(Cc4ccc5[nH]ncc5c4)C3)cc2)c1. The van der Waals surface area contributed by atoms with E-state index in [4.69, 9.17) is 0 Å². The highest BCUT2D eigenvalue weighted by atomic mass is 32.1. The normalized spacial score (nSPS) is 17.3. The van der Waals surface area contributed by atoms with Gasteiger partial charge in [-0.25, -0.2) is 0 Å². The Kier molecular flexibility index (Phi) is 6.12. The molecule has 4 heteroatoms. The van der Waals surface area contributed by atoms with Gasteiger partial charge in [-0.05, 0) is 72.0 Å². The fraction of sp³-hybridized carbons (Fsp3) is 0.320. The number of nitrogens with zero attached hydrogens (tertiary/aromatic N) is 2. The molecule has 3 heterocycles. The van der Waals surface area contributed by atoms with E-state index < -0.39 is 0 Å². The van der Waals surface area contributed by atoms with Crippen molar-refractivity contribution in [3.05, 3.63) is 77.3 Å². The third-order valence-electron chi connectivity index (χ3n) is 5.80. The third-order valence-corrected chi connectivity index (χ3v) is 6.72. The lowest BCUT2D eigenvalue weighted by Crippen LogP contribution is -2.35. The van der Waals surface area contributed by atoms with Crippen molar-refractivity contribution in [3.63, 3.8) is 0 Å². The van der Waals surface area contributed by atoms with Crippen LogP contribution in [-0.4, -0.2) is 28.2 Å². The molecule has 1 fully saturated rings. The topological polar surface area (TPSA) is 31.9 Å². The first kappa shape index (κ1) is 19.9. The van der Waals surface area contributed by atoms with Crippen molar-refractivity contribution in [1.29, 1.82) is 0 Å². The Morgan fingerprint density at radius 1 is 1.07 bits per heavy atom. The van der Waals surface area contributed by atoms with Gasteiger partial charge in [0.2, 0.25) is 0 Å². The number of aromatic amines is 1. The summed E-state index contributed by atoms with van der Waals surface area (Å²) >= 11 is 1.80. The molecule has 150 valence electrons. The van der Waals surface area contributed by atoms with Crippen LogP contribution in [0.15, 0.2) is 66.2 Å². The van der Waals surface area contributed by atoms with Gasteiger partial charge in [0.1, 0.15) is 0 Å². The number of benzene rings is 2. The number of thiophene rings is 1. The van der Waals surface area contributed by atoms with Gasteiger partial charge in [-0.15, -0.1) is 11.3 Å². The molecule has 5 rings (SSSR count). The average molecular weight is 404 g/mol.